The third-order valence-corrected chi connectivity index (χ3v) is 12.1. The van der Waals surface area contributed by atoms with Crippen molar-refractivity contribution in [2.24, 2.45) is 13.0 Å². The number of aromatic nitrogens is 5. The molecule has 0 spiro atoms. The summed E-state index contributed by atoms with van der Waals surface area (Å²) in [6, 6.07) is 13.9. The van der Waals surface area contributed by atoms with E-state index in [2.05, 4.69) is 32.5 Å². The third kappa shape index (κ3) is 7.59. The second-order valence-electron chi connectivity index (χ2n) is 15.8. The molecule has 5 heterocycles. The minimum Gasteiger partial charge on any atom is -0.378 e. The van der Waals surface area contributed by atoms with Crippen molar-refractivity contribution < 1.29 is 32.3 Å². The van der Waals surface area contributed by atoms with Crippen molar-refractivity contribution >= 4 is 51.0 Å². The Balaban J connectivity index is 0.875. The molecule has 0 bridgehead atoms. The van der Waals surface area contributed by atoms with Gasteiger partial charge >= 0.3 is 11.9 Å². The number of carbonyl (C=O) groups is 3. The van der Waals surface area contributed by atoms with E-state index < -0.39 is 29.7 Å². The zero-order chi connectivity index (χ0) is 40.9. The van der Waals surface area contributed by atoms with Crippen molar-refractivity contribution in [2.45, 2.75) is 75.4 Å². The summed E-state index contributed by atoms with van der Waals surface area (Å²) in [6.45, 7) is 2.33. The number of imide groups is 1. The Morgan fingerprint density at radius 3 is 2.53 bits per heavy atom. The lowest BCUT2D eigenvalue weighted by molar-refractivity contribution is -0.141. The number of rotatable bonds is 9. The van der Waals surface area contributed by atoms with E-state index in [0.29, 0.717) is 23.7 Å². The Hall–Kier alpha value is -5.55. The molecule has 3 atom stereocenters. The highest BCUT2D eigenvalue weighted by atomic mass is 19.4. The second-order valence-corrected chi connectivity index (χ2v) is 15.8. The van der Waals surface area contributed by atoms with E-state index in [1.165, 1.54) is 10.6 Å². The Morgan fingerprint density at radius 1 is 1.02 bits per heavy atom. The summed E-state index contributed by atoms with van der Waals surface area (Å²) in [6.07, 6.45) is 2.56. The quantitative estimate of drug-likeness (QED) is 0.190. The maximum absolute atomic E-state index is 13.5. The number of alkyl halides is 3. The van der Waals surface area contributed by atoms with E-state index >= 15 is 0 Å². The molecule has 3 fully saturated rings. The number of hydrogen-bond acceptors (Lipinski definition) is 9. The van der Waals surface area contributed by atoms with Gasteiger partial charge in [0.1, 0.15) is 17.4 Å². The maximum atomic E-state index is 13.5. The molecule has 17 heteroatoms. The number of aryl methyl sites for hydroxylation is 1. The highest BCUT2D eigenvalue weighted by Crippen LogP contribution is 2.36. The Morgan fingerprint density at radius 2 is 1.79 bits per heavy atom. The number of fused-ring (bicyclic) bond motifs is 2. The summed E-state index contributed by atoms with van der Waals surface area (Å²) in [7, 11) is 5.64. The molecule has 3 aromatic heterocycles. The topological polar surface area (TPSA) is 149 Å². The van der Waals surface area contributed by atoms with Gasteiger partial charge in [0.15, 0.2) is 0 Å². The summed E-state index contributed by atoms with van der Waals surface area (Å²) < 4.78 is 50.5. The number of nitrogens with zero attached hydrogens (tertiary/aromatic N) is 7. The van der Waals surface area contributed by atoms with Crippen LogP contribution in [0.2, 0.25) is 0 Å². The SMILES string of the molecule is CO[C@H]1CN(c2cccc3c2n(C)c(=O)n3C2CCC(=O)NC2=O)CC[C@@H]1N(C)CC1CCC(n2cc3cc(NC(=O)c4cccc(C(F)(F)F)n4)ccc3n2)CC1. The molecule has 3 amide bonds. The lowest BCUT2D eigenvalue weighted by Crippen LogP contribution is -2.55. The number of para-hydroxylation sites is 1. The number of imidazole rings is 1. The highest BCUT2D eigenvalue weighted by molar-refractivity contribution is 6.04. The molecule has 3 aliphatic rings. The molecule has 1 aliphatic carbocycles. The summed E-state index contributed by atoms with van der Waals surface area (Å²) in [5.74, 6) is -1.01. The highest BCUT2D eigenvalue weighted by Gasteiger charge is 2.37. The van der Waals surface area contributed by atoms with E-state index in [9.17, 15) is 32.3 Å². The first kappa shape index (κ1) is 39.3. The lowest BCUT2D eigenvalue weighted by atomic mass is 9.85. The first-order chi connectivity index (χ1) is 27.8. The smallest absolute Gasteiger partial charge is 0.378 e. The van der Waals surface area contributed by atoms with Gasteiger partial charge in [-0.15, -0.1) is 0 Å². The minimum atomic E-state index is -4.65. The van der Waals surface area contributed by atoms with Crippen LogP contribution in [0.3, 0.4) is 0 Å². The van der Waals surface area contributed by atoms with E-state index in [4.69, 9.17) is 9.84 Å². The van der Waals surface area contributed by atoms with E-state index in [1.54, 1.807) is 36.9 Å². The van der Waals surface area contributed by atoms with Gasteiger partial charge in [-0.3, -0.25) is 33.5 Å². The van der Waals surface area contributed by atoms with Gasteiger partial charge in [0.25, 0.3) is 5.91 Å². The van der Waals surface area contributed by atoms with Crippen LogP contribution in [0.4, 0.5) is 24.5 Å². The molecular formula is C41H46F3N9O5. The van der Waals surface area contributed by atoms with Crippen LogP contribution >= 0.6 is 0 Å². The predicted octanol–water partition coefficient (Wildman–Crippen LogP) is 5.29. The predicted molar refractivity (Wildman–Crippen MR) is 211 cm³/mol. The van der Waals surface area contributed by atoms with Crippen molar-refractivity contribution in [1.29, 1.82) is 0 Å². The number of anilines is 2. The lowest BCUT2D eigenvalue weighted by Gasteiger charge is -2.44. The number of methoxy groups -OCH3 is 1. The standard InChI is InChI=1S/C41H46F3N9O5/c1-49(30-18-19-51(23-34(30)58-3)31-7-5-8-32-37(31)50(2)40(57)53(32)33-16-17-36(54)47-39(33)56)21-24-10-13-27(14-11-24)52-22-25-20-26(12-15-28(25)48-52)45-38(55)29-6-4-9-35(46-29)41(42,43)44/h4-9,12,15,20,22,24,27,30,33-34H,10-11,13-14,16-19,21,23H2,1-3H3,(H,45,55)(H,47,54,56)/t24?,27?,30-,33?,34-/m0/s1. The monoisotopic (exact) mass is 801 g/mol. The van der Waals surface area contributed by atoms with Gasteiger partial charge in [-0.05, 0) is 94.0 Å². The second kappa shape index (κ2) is 15.7. The number of likely N-dealkylation sites (N-methyl/N-ethyl adjacent to an activating group) is 1. The molecule has 8 rings (SSSR count). The summed E-state index contributed by atoms with van der Waals surface area (Å²) >= 11 is 0. The average molecular weight is 802 g/mol. The van der Waals surface area contributed by atoms with Crippen LogP contribution in [-0.2, 0) is 27.5 Å². The van der Waals surface area contributed by atoms with E-state index in [-0.39, 0.29) is 48.3 Å². The summed E-state index contributed by atoms with van der Waals surface area (Å²) in [5.41, 5.74) is 1.78. The van der Waals surface area contributed by atoms with Crippen LogP contribution in [0.15, 0.2) is 65.6 Å². The fraction of sp³-hybridized carbons (Fsp3) is 0.463. The largest absolute Gasteiger partial charge is 0.433 e. The number of nitrogens with one attached hydrogen (secondary N) is 2. The molecule has 5 aromatic rings. The number of carbonyl (C=O) groups excluding carboxylic acids is 3. The first-order valence-electron chi connectivity index (χ1n) is 19.6. The Labute approximate surface area is 331 Å². The van der Waals surface area contributed by atoms with E-state index in [1.807, 2.05) is 29.1 Å². The van der Waals surface area contributed by atoms with Crippen LogP contribution in [0, 0.1) is 5.92 Å². The molecule has 1 saturated carbocycles. The van der Waals surface area contributed by atoms with Crippen molar-refractivity contribution in [3.8, 4) is 0 Å². The molecule has 2 aliphatic heterocycles. The molecule has 0 radical (unpaired) electrons. The number of halogens is 3. The van der Waals surface area contributed by atoms with Crippen LogP contribution < -0.4 is 21.2 Å². The van der Waals surface area contributed by atoms with Gasteiger partial charge in [-0.25, -0.2) is 9.78 Å². The number of amides is 3. The van der Waals surface area contributed by atoms with Gasteiger partial charge in [0, 0.05) is 63.5 Å². The summed E-state index contributed by atoms with van der Waals surface area (Å²) in [4.78, 5) is 59.0. The van der Waals surface area contributed by atoms with Crippen molar-refractivity contribution in [3.05, 3.63) is 82.7 Å². The zero-order valence-corrected chi connectivity index (χ0v) is 32.5. The first-order valence-corrected chi connectivity index (χ1v) is 19.6. The molecule has 1 unspecified atom stereocenters. The number of benzene rings is 2. The van der Waals surface area contributed by atoms with Crippen molar-refractivity contribution in [2.75, 3.05) is 44.0 Å². The van der Waals surface area contributed by atoms with Crippen LogP contribution in [0.25, 0.3) is 21.9 Å². The zero-order valence-electron chi connectivity index (χ0n) is 32.5. The fourth-order valence-corrected chi connectivity index (χ4v) is 9.12. The van der Waals surface area contributed by atoms with Crippen LogP contribution in [-0.4, -0.2) is 92.5 Å². The maximum Gasteiger partial charge on any atom is 0.433 e. The molecule has 306 valence electrons. The third-order valence-electron chi connectivity index (χ3n) is 12.1. The molecule has 14 nitrogen and oxygen atoms in total. The molecular weight excluding hydrogens is 756 g/mol. The van der Waals surface area contributed by atoms with Gasteiger partial charge < -0.3 is 19.9 Å². The molecule has 2 aromatic carbocycles. The van der Waals surface area contributed by atoms with Crippen molar-refractivity contribution in [1.82, 2.24) is 34.1 Å². The number of pyridine rings is 1. The van der Waals surface area contributed by atoms with Crippen molar-refractivity contribution in [3.63, 3.8) is 0 Å². The van der Waals surface area contributed by atoms with Crippen LogP contribution in [0.5, 0.6) is 0 Å². The molecule has 2 saturated heterocycles. The average Bonchev–Trinajstić information content (AvgIpc) is 3.75. The normalized spacial score (nSPS) is 23.2. The Bertz CT molecular complexity index is 2430. The molecule has 2 N–H and O–H groups in total. The Kier molecular flexibility index (Phi) is 10.6. The van der Waals surface area contributed by atoms with Gasteiger partial charge in [0.2, 0.25) is 11.8 Å². The van der Waals surface area contributed by atoms with Gasteiger partial charge in [-0.2, -0.15) is 18.3 Å². The number of piperidine rings is 2. The van der Waals surface area contributed by atoms with Gasteiger partial charge in [-0.1, -0.05) is 12.1 Å². The van der Waals surface area contributed by atoms with Crippen LogP contribution in [0.1, 0.15) is 73.2 Å². The number of hydrogen-bond donors (Lipinski definition) is 2. The fourth-order valence-electron chi connectivity index (χ4n) is 9.12. The minimum absolute atomic E-state index is 0.0768. The summed E-state index contributed by atoms with van der Waals surface area (Å²) in [5, 5.41) is 10.7. The molecule has 58 heavy (non-hydrogen) atoms. The number of ether oxygens (including phenoxy) is 1. The van der Waals surface area contributed by atoms with E-state index in [0.717, 1.165) is 79.4 Å². The van der Waals surface area contributed by atoms with Gasteiger partial charge in [0.05, 0.1) is 34.4 Å².